The molecule has 0 rings (SSSR count). The molecule has 0 aromatic rings. The lowest BCUT2D eigenvalue weighted by atomic mass is 10.1. The Kier molecular flexibility index (Phi) is 52.6. The quantitative estimate of drug-likeness (QED) is 0.0346. The number of esters is 2. The molecule has 1 unspecified atom stereocenters. The molecule has 0 saturated heterocycles. The second kappa shape index (κ2) is 56.6. The first kappa shape index (κ1) is 63.3. The summed E-state index contributed by atoms with van der Waals surface area (Å²) in [7, 11) is 0. The van der Waals surface area contributed by atoms with Crippen LogP contribution in [0, 0.1) is 0 Å². The van der Waals surface area contributed by atoms with Crippen molar-refractivity contribution in [3.8, 4) is 0 Å². The normalized spacial score (nSPS) is 13.6. The van der Waals surface area contributed by atoms with E-state index in [9.17, 15) is 9.59 Å². The Morgan fingerprint density at radius 2 is 0.632 bits per heavy atom. The van der Waals surface area contributed by atoms with Crippen molar-refractivity contribution >= 4 is 11.9 Å². The molecule has 0 aliphatic heterocycles. The molecule has 0 fully saturated rings. The first-order valence-electron chi connectivity index (χ1n) is 26.7. The van der Waals surface area contributed by atoms with E-state index in [4.69, 9.17) is 14.2 Å². The van der Waals surface area contributed by atoms with Gasteiger partial charge in [0.15, 0.2) is 6.10 Å². The Labute approximate surface area is 417 Å². The number of hydrogen-bond donors (Lipinski definition) is 0. The van der Waals surface area contributed by atoms with Crippen molar-refractivity contribution in [2.75, 3.05) is 19.8 Å². The highest BCUT2D eigenvalue weighted by Crippen LogP contribution is 2.10. The molecule has 0 aromatic heterocycles. The van der Waals surface area contributed by atoms with Crippen LogP contribution in [0.4, 0.5) is 0 Å². The van der Waals surface area contributed by atoms with Crippen LogP contribution in [0.15, 0.2) is 170 Å². The lowest BCUT2D eigenvalue weighted by Crippen LogP contribution is -2.30. The van der Waals surface area contributed by atoms with E-state index >= 15 is 0 Å². The van der Waals surface area contributed by atoms with Crippen molar-refractivity contribution in [3.05, 3.63) is 170 Å². The first-order valence-corrected chi connectivity index (χ1v) is 26.7. The van der Waals surface area contributed by atoms with E-state index < -0.39 is 6.10 Å². The fourth-order valence-electron chi connectivity index (χ4n) is 6.38. The Bertz CT molecular complexity index is 1570. The molecule has 68 heavy (non-hydrogen) atoms. The fraction of sp³-hybridized carbons (Fsp3) is 0.524. The van der Waals surface area contributed by atoms with Gasteiger partial charge in [0.25, 0.3) is 0 Å². The van der Waals surface area contributed by atoms with Crippen molar-refractivity contribution in [1.82, 2.24) is 0 Å². The Morgan fingerprint density at radius 1 is 0.324 bits per heavy atom. The van der Waals surface area contributed by atoms with E-state index in [-0.39, 0.29) is 25.2 Å². The van der Waals surface area contributed by atoms with Crippen LogP contribution in [0.25, 0.3) is 0 Å². The smallest absolute Gasteiger partial charge is 0.306 e. The van der Waals surface area contributed by atoms with Gasteiger partial charge in [0.1, 0.15) is 6.61 Å². The molecule has 0 bridgehead atoms. The van der Waals surface area contributed by atoms with Crippen molar-refractivity contribution < 1.29 is 23.8 Å². The standard InChI is InChI=1S/C63H96O5/c1-4-7-10-13-16-19-22-25-28-31-34-37-40-43-46-49-52-55-58-66-59-61(68-63(65)57-54-51-48-45-42-39-36-33-30-27-24-21-18-15-12-9-6-3)60-67-62(64)56-53-50-47-44-41-38-35-32-29-26-23-20-17-14-11-8-5-2/h7-12,16-21,25-30,34-39,43-44,46-47,61H,4-6,13-15,22-24,31-33,40-42,45,48-60H2,1-3H3/b10-7-,11-8-,12-9-,19-16-,20-17-,21-18-,28-25-,29-26-,30-27-,37-34-,38-35-,39-36-,46-43-,47-44-. The summed E-state index contributed by atoms with van der Waals surface area (Å²) in [6.07, 6.45) is 85.2. The molecule has 378 valence electrons. The molecule has 0 aromatic carbocycles. The van der Waals surface area contributed by atoms with Crippen molar-refractivity contribution in [1.29, 1.82) is 0 Å². The third-order valence-corrected chi connectivity index (χ3v) is 10.2. The largest absolute Gasteiger partial charge is 0.462 e. The van der Waals surface area contributed by atoms with E-state index in [1.165, 1.54) is 0 Å². The lowest BCUT2D eigenvalue weighted by Gasteiger charge is -2.18. The molecule has 5 nitrogen and oxygen atoms in total. The second-order valence-corrected chi connectivity index (χ2v) is 16.6. The summed E-state index contributed by atoms with van der Waals surface area (Å²) < 4.78 is 17.3. The molecule has 0 aliphatic rings. The van der Waals surface area contributed by atoms with Crippen LogP contribution in [-0.4, -0.2) is 37.9 Å². The summed E-state index contributed by atoms with van der Waals surface area (Å²) in [4.78, 5) is 25.4. The highest BCUT2D eigenvalue weighted by atomic mass is 16.6. The number of ether oxygens (including phenoxy) is 3. The van der Waals surface area contributed by atoms with Gasteiger partial charge >= 0.3 is 11.9 Å². The second-order valence-electron chi connectivity index (χ2n) is 16.6. The van der Waals surface area contributed by atoms with Crippen LogP contribution in [0.2, 0.25) is 0 Å². The average molecular weight is 933 g/mol. The van der Waals surface area contributed by atoms with Gasteiger partial charge in [0, 0.05) is 19.4 Å². The summed E-state index contributed by atoms with van der Waals surface area (Å²) >= 11 is 0. The van der Waals surface area contributed by atoms with Gasteiger partial charge in [-0.1, -0.05) is 204 Å². The van der Waals surface area contributed by atoms with Gasteiger partial charge in [0.2, 0.25) is 0 Å². The van der Waals surface area contributed by atoms with Crippen LogP contribution >= 0.6 is 0 Å². The zero-order valence-electron chi connectivity index (χ0n) is 43.3. The Morgan fingerprint density at radius 3 is 1.01 bits per heavy atom. The zero-order chi connectivity index (χ0) is 49.2. The van der Waals surface area contributed by atoms with Crippen LogP contribution in [0.5, 0.6) is 0 Å². The number of unbranched alkanes of at least 4 members (excludes halogenated alkanes) is 7. The summed E-state index contributed by atoms with van der Waals surface area (Å²) in [6.45, 7) is 7.26. The highest BCUT2D eigenvalue weighted by Gasteiger charge is 2.17. The SMILES string of the molecule is CC/C=C\C/C=C\C/C=C\C/C=C\C/C=C\CCCCOCC(COC(=O)CCC/C=C\C/C=C\C/C=C\C/C=C\C/C=C\CC)OC(=O)CCCCCC/C=C\C/C=C\C/C=C\C/C=C\CC. The van der Waals surface area contributed by atoms with E-state index in [0.29, 0.717) is 25.9 Å². The topological polar surface area (TPSA) is 61.8 Å². The van der Waals surface area contributed by atoms with Crippen LogP contribution in [0.3, 0.4) is 0 Å². The lowest BCUT2D eigenvalue weighted by molar-refractivity contribution is -0.163. The van der Waals surface area contributed by atoms with Gasteiger partial charge in [-0.15, -0.1) is 0 Å². The molecule has 0 saturated carbocycles. The summed E-state index contributed by atoms with van der Waals surface area (Å²) in [6, 6.07) is 0. The number of allylic oxidation sites excluding steroid dienone is 28. The van der Waals surface area contributed by atoms with Gasteiger partial charge in [-0.2, -0.15) is 0 Å². The molecule has 0 radical (unpaired) electrons. The summed E-state index contributed by atoms with van der Waals surface area (Å²) in [5.74, 6) is -0.533. The van der Waals surface area contributed by atoms with Crippen LogP contribution < -0.4 is 0 Å². The molecule has 1 atom stereocenters. The third kappa shape index (κ3) is 53.9. The monoisotopic (exact) mass is 933 g/mol. The predicted octanol–water partition coefficient (Wildman–Crippen LogP) is 18.4. The average Bonchev–Trinajstić information content (AvgIpc) is 3.34. The molecule has 0 aliphatic carbocycles. The van der Waals surface area contributed by atoms with Gasteiger partial charge in [-0.25, -0.2) is 0 Å². The van der Waals surface area contributed by atoms with Crippen LogP contribution in [0.1, 0.15) is 188 Å². The predicted molar refractivity (Wildman–Crippen MR) is 297 cm³/mol. The van der Waals surface area contributed by atoms with Gasteiger partial charge in [0.05, 0.1) is 6.61 Å². The number of carbonyl (C=O) groups is 2. The zero-order valence-corrected chi connectivity index (χ0v) is 43.3. The fourth-order valence-corrected chi connectivity index (χ4v) is 6.38. The summed E-state index contributed by atoms with van der Waals surface area (Å²) in [5, 5.41) is 0. The maximum atomic E-state index is 12.8. The van der Waals surface area contributed by atoms with E-state index in [0.717, 1.165) is 148 Å². The number of hydrogen-bond acceptors (Lipinski definition) is 5. The van der Waals surface area contributed by atoms with Gasteiger partial charge < -0.3 is 14.2 Å². The van der Waals surface area contributed by atoms with Crippen molar-refractivity contribution in [2.24, 2.45) is 0 Å². The molecular weight excluding hydrogens is 837 g/mol. The molecule has 0 N–H and O–H groups in total. The third-order valence-electron chi connectivity index (χ3n) is 10.2. The minimum absolute atomic E-state index is 0.0150. The maximum absolute atomic E-state index is 12.8. The van der Waals surface area contributed by atoms with Crippen molar-refractivity contribution in [3.63, 3.8) is 0 Å². The van der Waals surface area contributed by atoms with E-state index in [1.54, 1.807) is 0 Å². The minimum atomic E-state index is -0.610. The van der Waals surface area contributed by atoms with Gasteiger partial charge in [-0.3, -0.25) is 9.59 Å². The molecule has 0 heterocycles. The van der Waals surface area contributed by atoms with E-state index in [1.807, 2.05) is 0 Å². The van der Waals surface area contributed by atoms with Gasteiger partial charge in [-0.05, 0) is 141 Å². The summed E-state index contributed by atoms with van der Waals surface area (Å²) in [5.41, 5.74) is 0. The van der Waals surface area contributed by atoms with Crippen LogP contribution in [-0.2, 0) is 23.8 Å². The first-order chi connectivity index (χ1) is 33.6. The molecule has 5 heteroatoms. The minimum Gasteiger partial charge on any atom is -0.462 e. The Hall–Kier alpha value is -4.74. The van der Waals surface area contributed by atoms with Crippen molar-refractivity contribution in [2.45, 2.75) is 194 Å². The molecule has 0 spiro atoms. The Balaban J connectivity index is 4.55. The van der Waals surface area contributed by atoms with E-state index in [2.05, 4.69) is 191 Å². The number of carbonyl (C=O) groups excluding carboxylic acids is 2. The molecular formula is C63H96O5. The highest BCUT2D eigenvalue weighted by molar-refractivity contribution is 5.70. The maximum Gasteiger partial charge on any atom is 0.306 e. The number of rotatable bonds is 46. The molecule has 0 amide bonds.